The van der Waals surface area contributed by atoms with Crippen LogP contribution in [0.25, 0.3) is 11.3 Å². The second kappa shape index (κ2) is 8.43. The van der Waals surface area contributed by atoms with Crippen LogP contribution in [0.3, 0.4) is 0 Å². The summed E-state index contributed by atoms with van der Waals surface area (Å²) in [5, 5.41) is 14.0. The second-order valence-corrected chi connectivity index (χ2v) is 9.05. The smallest absolute Gasteiger partial charge is 0.142 e. The summed E-state index contributed by atoms with van der Waals surface area (Å²) in [6.07, 6.45) is 4.88. The maximum absolute atomic E-state index is 9.59. The average molecular weight is 426 g/mol. The summed E-state index contributed by atoms with van der Waals surface area (Å²) < 4.78 is 6.29. The van der Waals surface area contributed by atoms with E-state index in [1.165, 1.54) is 6.33 Å². The van der Waals surface area contributed by atoms with Gasteiger partial charge >= 0.3 is 0 Å². The van der Waals surface area contributed by atoms with E-state index >= 15 is 0 Å². The molecule has 31 heavy (non-hydrogen) atoms. The lowest BCUT2D eigenvalue weighted by molar-refractivity contribution is 0.0493. The van der Waals surface area contributed by atoms with Crippen LogP contribution in [0.2, 0.25) is 0 Å². The average Bonchev–Trinajstić information content (AvgIpc) is 2.71. The summed E-state index contributed by atoms with van der Waals surface area (Å²) in [4.78, 5) is 14.2. The first-order chi connectivity index (χ1) is 14.8. The van der Waals surface area contributed by atoms with Crippen molar-refractivity contribution in [2.75, 3.05) is 12.3 Å². The number of ether oxygens (including phenoxy) is 1. The van der Waals surface area contributed by atoms with Crippen molar-refractivity contribution in [3.05, 3.63) is 35.7 Å². The number of aromatic nitrogens is 2. The largest absolute Gasteiger partial charge is 0.490 e. The monoisotopic (exact) mass is 425 g/mol. The zero-order chi connectivity index (χ0) is 22.2. The van der Waals surface area contributed by atoms with Crippen molar-refractivity contribution >= 4 is 11.5 Å². The number of aliphatic hydroxyl groups is 1. The molecule has 4 rings (SSSR count). The number of benzene rings is 1. The van der Waals surface area contributed by atoms with Crippen LogP contribution in [0.5, 0.6) is 5.75 Å². The predicted molar refractivity (Wildman–Crippen MR) is 120 cm³/mol. The molecule has 0 saturated heterocycles. The van der Waals surface area contributed by atoms with Gasteiger partial charge in [-0.2, -0.15) is 0 Å². The van der Waals surface area contributed by atoms with Gasteiger partial charge in [-0.3, -0.25) is 0 Å². The minimum Gasteiger partial charge on any atom is -0.490 e. The molecule has 8 nitrogen and oxygen atoms in total. The van der Waals surface area contributed by atoms with Gasteiger partial charge in [0.2, 0.25) is 0 Å². The number of nitrogen functional groups attached to an aromatic ring is 1. The molecule has 2 aromatic rings. The van der Waals surface area contributed by atoms with Crippen molar-refractivity contribution in [3.8, 4) is 17.0 Å². The molecular formula is C23H31N5O3. The Morgan fingerprint density at radius 2 is 1.94 bits per heavy atom. The highest BCUT2D eigenvalue weighted by Crippen LogP contribution is 2.45. The molecule has 1 aromatic carbocycles. The molecule has 8 heteroatoms. The van der Waals surface area contributed by atoms with Gasteiger partial charge in [-0.15, -0.1) is 0 Å². The summed E-state index contributed by atoms with van der Waals surface area (Å²) in [6, 6.07) is 6.22. The Balaban J connectivity index is 1.76. The van der Waals surface area contributed by atoms with Crippen LogP contribution < -0.4 is 16.2 Å². The summed E-state index contributed by atoms with van der Waals surface area (Å²) in [5.41, 5.74) is 15.8. The molecule has 0 aliphatic heterocycles. The van der Waals surface area contributed by atoms with E-state index < -0.39 is 11.5 Å². The summed E-state index contributed by atoms with van der Waals surface area (Å²) >= 11 is 0. The zero-order valence-electron chi connectivity index (χ0n) is 18.3. The summed E-state index contributed by atoms with van der Waals surface area (Å²) in [7, 11) is 0. The molecule has 0 spiro atoms. The van der Waals surface area contributed by atoms with Crippen molar-refractivity contribution in [2.45, 2.75) is 70.1 Å². The van der Waals surface area contributed by atoms with Gasteiger partial charge in [0.15, 0.2) is 0 Å². The number of oxime groups is 1. The molecule has 0 unspecified atom stereocenters. The third kappa shape index (κ3) is 4.22. The highest BCUT2D eigenvalue weighted by atomic mass is 16.6. The van der Waals surface area contributed by atoms with Gasteiger partial charge in [-0.25, -0.2) is 9.97 Å². The molecule has 1 atom stereocenters. The maximum atomic E-state index is 9.59. The molecule has 0 bridgehead atoms. The van der Waals surface area contributed by atoms with Crippen LogP contribution in [0.15, 0.2) is 29.7 Å². The van der Waals surface area contributed by atoms with E-state index in [1.54, 1.807) is 6.92 Å². The Labute approximate surface area is 182 Å². The minimum absolute atomic E-state index is 0.0983. The third-order valence-electron chi connectivity index (χ3n) is 6.09. The number of nitrogens with two attached hydrogens (primary N) is 2. The first-order valence-electron chi connectivity index (χ1n) is 10.8. The van der Waals surface area contributed by atoms with Crippen LogP contribution in [-0.2, 0) is 10.3 Å². The van der Waals surface area contributed by atoms with Crippen LogP contribution in [0.1, 0.15) is 57.6 Å². The van der Waals surface area contributed by atoms with Gasteiger partial charge in [0.25, 0.3) is 0 Å². The molecule has 166 valence electrons. The van der Waals surface area contributed by atoms with Gasteiger partial charge in [0.05, 0.1) is 23.6 Å². The van der Waals surface area contributed by atoms with E-state index in [0.717, 1.165) is 53.8 Å². The number of hydrogen-bond donors (Lipinski definition) is 3. The van der Waals surface area contributed by atoms with E-state index in [4.69, 9.17) is 21.0 Å². The number of fused-ring (bicyclic) bond motifs is 3. The molecule has 0 radical (unpaired) electrons. The van der Waals surface area contributed by atoms with Gasteiger partial charge in [0, 0.05) is 28.1 Å². The lowest BCUT2D eigenvalue weighted by Gasteiger charge is -2.35. The highest BCUT2D eigenvalue weighted by Gasteiger charge is 2.41. The summed E-state index contributed by atoms with van der Waals surface area (Å²) in [5.74, 6) is 1.20. The zero-order valence-corrected chi connectivity index (χ0v) is 18.3. The van der Waals surface area contributed by atoms with Crippen molar-refractivity contribution < 1.29 is 14.7 Å². The molecule has 1 fully saturated rings. The number of nitrogens with zero attached hydrogens (tertiary/aromatic N) is 3. The van der Waals surface area contributed by atoms with E-state index in [0.29, 0.717) is 11.5 Å². The van der Waals surface area contributed by atoms with E-state index in [-0.39, 0.29) is 18.8 Å². The Kier molecular flexibility index (Phi) is 5.85. The van der Waals surface area contributed by atoms with Crippen molar-refractivity contribution in [3.63, 3.8) is 0 Å². The quantitative estimate of drug-likeness (QED) is 0.628. The number of rotatable bonds is 5. The fourth-order valence-electron chi connectivity index (χ4n) is 4.45. The first-order valence-corrected chi connectivity index (χ1v) is 10.8. The second-order valence-electron chi connectivity index (χ2n) is 9.05. The van der Waals surface area contributed by atoms with E-state index in [1.807, 2.05) is 32.0 Å². The highest BCUT2D eigenvalue weighted by molar-refractivity contribution is 6.15. The van der Waals surface area contributed by atoms with Crippen molar-refractivity contribution in [1.29, 1.82) is 0 Å². The lowest BCUT2D eigenvalue weighted by Crippen LogP contribution is -2.36. The first kappa shape index (κ1) is 21.5. The van der Waals surface area contributed by atoms with Crippen LogP contribution in [-0.4, -0.2) is 45.6 Å². The van der Waals surface area contributed by atoms with Crippen molar-refractivity contribution in [2.24, 2.45) is 10.9 Å². The van der Waals surface area contributed by atoms with Crippen LogP contribution in [0.4, 0.5) is 5.82 Å². The number of hydrogen-bond acceptors (Lipinski definition) is 8. The van der Waals surface area contributed by atoms with E-state index in [9.17, 15) is 5.11 Å². The molecule has 1 aromatic heterocycles. The maximum Gasteiger partial charge on any atom is 0.142 e. The lowest BCUT2D eigenvalue weighted by atomic mass is 9.70. The normalized spacial score (nSPS) is 24.2. The van der Waals surface area contributed by atoms with Crippen LogP contribution >= 0.6 is 0 Å². The predicted octanol–water partition coefficient (Wildman–Crippen LogP) is 2.77. The third-order valence-corrected chi connectivity index (χ3v) is 6.09. The standard InChI is InChI=1S/C23H31N5O3/c1-13(29)11-30-28-21-18-10-16(31-15-6-4-14(24)5-7-15)8-9-17(18)20-19(23(21,2)3)22(25)27-12-26-20/h8-10,12-15,29H,4-7,11,24H2,1-3H3,(H2,25,26,27)/b28-21+/t13-,14?,15?/m1/s1. The molecule has 1 heterocycles. The molecule has 5 N–H and O–H groups in total. The topological polar surface area (TPSA) is 129 Å². The Hall–Kier alpha value is -2.71. The fourth-order valence-corrected chi connectivity index (χ4v) is 4.45. The van der Waals surface area contributed by atoms with Gasteiger partial charge in [-0.1, -0.05) is 5.16 Å². The Bertz CT molecular complexity index is 981. The molecule has 0 amide bonds. The minimum atomic E-state index is -0.622. The van der Waals surface area contributed by atoms with Crippen molar-refractivity contribution in [1.82, 2.24) is 9.97 Å². The molecule has 1 saturated carbocycles. The van der Waals surface area contributed by atoms with E-state index in [2.05, 4.69) is 15.1 Å². The SMILES string of the molecule is C[C@@H](O)CO/N=C1\c2cc(OC3CCC(N)CC3)ccc2-c2ncnc(N)c2C1(C)C. The number of aliphatic hydroxyl groups excluding tert-OH is 1. The van der Waals surface area contributed by atoms with Gasteiger partial charge in [0.1, 0.15) is 24.5 Å². The Morgan fingerprint density at radius 1 is 1.19 bits per heavy atom. The molecule has 2 aliphatic rings. The number of anilines is 1. The van der Waals surface area contributed by atoms with Gasteiger partial charge < -0.3 is 26.1 Å². The Morgan fingerprint density at radius 3 is 2.65 bits per heavy atom. The molecular weight excluding hydrogens is 394 g/mol. The van der Waals surface area contributed by atoms with Gasteiger partial charge in [-0.05, 0) is 64.7 Å². The fraction of sp³-hybridized carbons (Fsp3) is 0.522. The van der Waals surface area contributed by atoms with Crippen LogP contribution in [0, 0.1) is 0 Å². The molecule has 2 aliphatic carbocycles. The summed E-state index contributed by atoms with van der Waals surface area (Å²) in [6.45, 7) is 5.80.